The highest BCUT2D eigenvalue weighted by Gasteiger charge is 2.33. The highest BCUT2D eigenvalue weighted by Crippen LogP contribution is 2.32. The third-order valence-corrected chi connectivity index (χ3v) is 4.52. The zero-order chi connectivity index (χ0) is 16.6. The van der Waals surface area contributed by atoms with Crippen LogP contribution in [0.5, 0.6) is 0 Å². The number of para-hydroxylation sites is 1. The van der Waals surface area contributed by atoms with Crippen molar-refractivity contribution in [1.29, 1.82) is 0 Å². The number of morpholine rings is 1. The maximum Gasteiger partial charge on any atom is 0.162 e. The van der Waals surface area contributed by atoms with Crippen LogP contribution in [0.15, 0.2) is 54.6 Å². The van der Waals surface area contributed by atoms with Crippen LogP contribution in [0.25, 0.3) is 22.3 Å². The molecule has 0 atom stereocenters. The fraction of sp³-hybridized carbons (Fsp3) is 0.300. The molecule has 4 heteroatoms. The zero-order valence-corrected chi connectivity index (χ0v) is 14.1. The topological polar surface area (TPSA) is 38.2 Å². The maximum absolute atomic E-state index is 5.68. The van der Waals surface area contributed by atoms with Crippen LogP contribution in [-0.2, 0) is 4.74 Å². The van der Waals surface area contributed by atoms with Crippen LogP contribution in [0.3, 0.4) is 0 Å². The SMILES string of the molecule is CC1(C)COCCN1c1nc(-c2ccccc2)nc2ccccc12. The monoisotopic (exact) mass is 319 g/mol. The van der Waals surface area contributed by atoms with Crippen molar-refractivity contribution in [1.82, 2.24) is 9.97 Å². The first-order chi connectivity index (χ1) is 11.6. The Bertz CT molecular complexity index is 861. The van der Waals surface area contributed by atoms with E-state index in [4.69, 9.17) is 14.7 Å². The number of ether oxygens (including phenoxy) is 1. The number of nitrogens with zero attached hydrogens (tertiary/aromatic N) is 3. The smallest absolute Gasteiger partial charge is 0.162 e. The fourth-order valence-electron chi connectivity index (χ4n) is 3.23. The minimum atomic E-state index is -0.0939. The van der Waals surface area contributed by atoms with Gasteiger partial charge in [0.2, 0.25) is 0 Å². The van der Waals surface area contributed by atoms with Crippen LogP contribution in [0, 0.1) is 0 Å². The number of benzene rings is 2. The van der Waals surface area contributed by atoms with Crippen molar-refractivity contribution in [2.45, 2.75) is 19.4 Å². The van der Waals surface area contributed by atoms with E-state index in [-0.39, 0.29) is 5.54 Å². The van der Waals surface area contributed by atoms with Crippen LogP contribution in [0.2, 0.25) is 0 Å². The van der Waals surface area contributed by atoms with Crippen LogP contribution in [0.1, 0.15) is 13.8 Å². The van der Waals surface area contributed by atoms with Gasteiger partial charge in [0.25, 0.3) is 0 Å². The zero-order valence-electron chi connectivity index (χ0n) is 14.1. The summed E-state index contributed by atoms with van der Waals surface area (Å²) in [6.07, 6.45) is 0. The summed E-state index contributed by atoms with van der Waals surface area (Å²) in [5.41, 5.74) is 1.92. The Morgan fingerprint density at radius 2 is 1.71 bits per heavy atom. The summed E-state index contributed by atoms with van der Waals surface area (Å²) in [6.45, 7) is 6.66. The molecule has 2 aromatic carbocycles. The Labute approximate surface area is 142 Å². The van der Waals surface area contributed by atoms with Crippen molar-refractivity contribution in [2.24, 2.45) is 0 Å². The number of rotatable bonds is 2. The molecule has 122 valence electrons. The van der Waals surface area contributed by atoms with Crippen molar-refractivity contribution < 1.29 is 4.74 Å². The molecule has 3 aromatic rings. The number of anilines is 1. The Morgan fingerprint density at radius 1 is 0.958 bits per heavy atom. The lowest BCUT2D eigenvalue weighted by Gasteiger charge is -2.43. The van der Waals surface area contributed by atoms with Crippen LogP contribution in [-0.4, -0.2) is 35.3 Å². The van der Waals surface area contributed by atoms with Crippen LogP contribution in [0.4, 0.5) is 5.82 Å². The minimum absolute atomic E-state index is 0.0939. The average Bonchev–Trinajstić information content (AvgIpc) is 2.61. The van der Waals surface area contributed by atoms with Gasteiger partial charge in [-0.3, -0.25) is 0 Å². The lowest BCUT2D eigenvalue weighted by Crippen LogP contribution is -2.53. The van der Waals surface area contributed by atoms with E-state index in [9.17, 15) is 0 Å². The highest BCUT2D eigenvalue weighted by molar-refractivity contribution is 5.91. The van der Waals surface area contributed by atoms with Gasteiger partial charge in [0, 0.05) is 17.5 Å². The van der Waals surface area contributed by atoms with Crippen molar-refractivity contribution in [3.8, 4) is 11.4 Å². The second-order valence-electron chi connectivity index (χ2n) is 6.77. The maximum atomic E-state index is 5.68. The van der Waals surface area contributed by atoms with E-state index in [0.29, 0.717) is 6.61 Å². The predicted octanol–water partition coefficient (Wildman–Crippen LogP) is 3.91. The molecule has 0 saturated carbocycles. The molecule has 1 aromatic heterocycles. The number of fused-ring (bicyclic) bond motifs is 1. The molecule has 1 aliphatic heterocycles. The summed E-state index contributed by atoms with van der Waals surface area (Å²) >= 11 is 0. The van der Waals surface area contributed by atoms with E-state index in [1.807, 2.05) is 30.3 Å². The van der Waals surface area contributed by atoms with Gasteiger partial charge in [-0.1, -0.05) is 42.5 Å². The summed E-state index contributed by atoms with van der Waals surface area (Å²) in [5.74, 6) is 1.76. The highest BCUT2D eigenvalue weighted by atomic mass is 16.5. The summed E-state index contributed by atoms with van der Waals surface area (Å²) in [4.78, 5) is 12.1. The molecule has 4 nitrogen and oxygen atoms in total. The summed E-state index contributed by atoms with van der Waals surface area (Å²) < 4.78 is 5.68. The second-order valence-corrected chi connectivity index (χ2v) is 6.77. The van der Waals surface area contributed by atoms with Crippen molar-refractivity contribution in [3.63, 3.8) is 0 Å². The van der Waals surface area contributed by atoms with Gasteiger partial charge in [0.1, 0.15) is 5.82 Å². The quantitative estimate of drug-likeness (QED) is 0.718. The van der Waals surface area contributed by atoms with Crippen LogP contribution >= 0.6 is 0 Å². The van der Waals surface area contributed by atoms with Crippen molar-refractivity contribution >= 4 is 16.7 Å². The molecule has 2 heterocycles. The average molecular weight is 319 g/mol. The Kier molecular flexibility index (Phi) is 3.69. The van der Waals surface area contributed by atoms with Crippen molar-refractivity contribution in [2.75, 3.05) is 24.7 Å². The van der Waals surface area contributed by atoms with E-state index in [1.165, 1.54) is 0 Å². The van der Waals surface area contributed by atoms with Gasteiger partial charge < -0.3 is 9.64 Å². The Balaban J connectivity index is 1.93. The van der Waals surface area contributed by atoms with E-state index in [2.05, 4.69) is 43.0 Å². The molecule has 4 rings (SSSR count). The first-order valence-electron chi connectivity index (χ1n) is 8.33. The molecule has 0 N–H and O–H groups in total. The molecule has 0 spiro atoms. The van der Waals surface area contributed by atoms with E-state index >= 15 is 0 Å². The molecule has 0 amide bonds. The molecule has 0 aliphatic carbocycles. The summed E-state index contributed by atoms with van der Waals surface area (Å²) in [5, 5.41) is 1.09. The number of hydrogen-bond donors (Lipinski definition) is 0. The Hall–Kier alpha value is -2.46. The normalized spacial score (nSPS) is 17.2. The summed E-state index contributed by atoms with van der Waals surface area (Å²) in [6, 6.07) is 18.4. The largest absolute Gasteiger partial charge is 0.377 e. The molecular formula is C20H21N3O. The molecule has 1 saturated heterocycles. The van der Waals surface area contributed by atoms with Gasteiger partial charge in [-0.2, -0.15) is 0 Å². The van der Waals surface area contributed by atoms with Gasteiger partial charge >= 0.3 is 0 Å². The van der Waals surface area contributed by atoms with E-state index in [0.717, 1.165) is 41.3 Å². The lowest BCUT2D eigenvalue weighted by molar-refractivity contribution is 0.0641. The van der Waals surface area contributed by atoms with Gasteiger partial charge in [0.05, 0.1) is 24.3 Å². The van der Waals surface area contributed by atoms with Gasteiger partial charge in [0.15, 0.2) is 5.82 Å². The van der Waals surface area contributed by atoms with Gasteiger partial charge in [-0.05, 0) is 26.0 Å². The lowest BCUT2D eigenvalue weighted by atomic mass is 10.0. The van der Waals surface area contributed by atoms with E-state index in [1.54, 1.807) is 0 Å². The first kappa shape index (κ1) is 15.1. The minimum Gasteiger partial charge on any atom is -0.377 e. The molecule has 0 bridgehead atoms. The molecule has 1 fully saturated rings. The third kappa shape index (κ3) is 2.63. The van der Waals surface area contributed by atoms with E-state index < -0.39 is 0 Å². The first-order valence-corrected chi connectivity index (χ1v) is 8.33. The molecule has 0 unspecified atom stereocenters. The Morgan fingerprint density at radius 3 is 2.50 bits per heavy atom. The van der Waals surface area contributed by atoms with Crippen LogP contribution < -0.4 is 4.90 Å². The number of hydrogen-bond acceptors (Lipinski definition) is 4. The molecule has 24 heavy (non-hydrogen) atoms. The standard InChI is InChI=1S/C20H21N3O/c1-20(2)14-24-13-12-23(20)19-16-10-6-7-11-17(16)21-18(22-19)15-8-4-3-5-9-15/h3-11H,12-14H2,1-2H3. The fourth-order valence-corrected chi connectivity index (χ4v) is 3.23. The third-order valence-electron chi connectivity index (χ3n) is 4.52. The number of aromatic nitrogens is 2. The second kappa shape index (κ2) is 5.87. The molecule has 1 aliphatic rings. The van der Waals surface area contributed by atoms with Crippen molar-refractivity contribution in [3.05, 3.63) is 54.6 Å². The summed E-state index contributed by atoms with van der Waals surface area (Å²) in [7, 11) is 0. The van der Waals surface area contributed by atoms with Gasteiger partial charge in [-0.15, -0.1) is 0 Å². The predicted molar refractivity (Wildman–Crippen MR) is 97.2 cm³/mol. The molecule has 0 radical (unpaired) electrons. The van der Waals surface area contributed by atoms with Gasteiger partial charge in [-0.25, -0.2) is 9.97 Å². The molecular weight excluding hydrogens is 298 g/mol.